The summed E-state index contributed by atoms with van der Waals surface area (Å²) in [4.78, 5) is 23.3. The fraction of sp³-hybridized carbons (Fsp3) is 0.407. The minimum atomic E-state index is -0.592. The summed E-state index contributed by atoms with van der Waals surface area (Å²) in [5.41, 5.74) is 4.93. The van der Waals surface area contributed by atoms with E-state index < -0.39 is 12.2 Å². The summed E-state index contributed by atoms with van der Waals surface area (Å²) in [6.07, 6.45) is 1.30. The Morgan fingerprint density at radius 1 is 1.00 bits per heavy atom. The highest BCUT2D eigenvalue weighted by Gasteiger charge is 2.32. The van der Waals surface area contributed by atoms with Gasteiger partial charge >= 0.3 is 0 Å². The third-order valence-corrected chi connectivity index (χ3v) is 8.27. The van der Waals surface area contributed by atoms with Gasteiger partial charge in [-0.15, -0.1) is 10.2 Å². The number of unbranched alkanes of at least 4 members (excludes halogenated alkanes) is 1. The Morgan fingerprint density at radius 2 is 1.69 bits per heavy atom. The number of carbonyl (C=O) groups is 2. The number of ether oxygens (including phenoxy) is 2. The number of nitrogens with zero attached hydrogens (tertiary/aromatic N) is 2. The highest BCUT2D eigenvalue weighted by Crippen LogP contribution is 2.39. The van der Waals surface area contributed by atoms with Crippen molar-refractivity contribution in [3.05, 3.63) is 70.2 Å². The molecule has 1 aliphatic rings. The van der Waals surface area contributed by atoms with Gasteiger partial charge in [0.05, 0.1) is 18.8 Å². The maximum atomic E-state index is 12.3. The van der Waals surface area contributed by atoms with E-state index in [2.05, 4.69) is 15.5 Å². The monoisotopic (exact) mass is 572 g/mol. The predicted molar refractivity (Wildman–Crippen MR) is 147 cm³/mol. The third kappa shape index (κ3) is 8.82. The highest BCUT2D eigenvalue weighted by atomic mass is 32.2. The molecule has 208 valence electrons. The second-order valence-electron chi connectivity index (χ2n) is 9.16. The Bertz CT molecular complexity index is 1220. The van der Waals surface area contributed by atoms with E-state index in [0.29, 0.717) is 30.7 Å². The lowest BCUT2D eigenvalue weighted by molar-refractivity contribution is -0.245. The van der Waals surface area contributed by atoms with Crippen molar-refractivity contribution in [3.8, 4) is 0 Å². The number of aliphatic hydroxyl groups excluding tert-OH is 1. The topological polar surface area (TPSA) is 143 Å². The number of carbonyl (C=O) groups excluding carboxylic acids is 2. The number of rotatable bonds is 12. The number of amides is 2. The molecule has 1 aliphatic heterocycles. The van der Waals surface area contributed by atoms with Crippen LogP contribution in [-0.2, 0) is 25.7 Å². The molecule has 3 atom stereocenters. The molecule has 0 aliphatic carbocycles. The lowest BCUT2D eigenvalue weighted by Gasteiger charge is -2.36. The smallest absolute Gasteiger partial charge is 0.243 e. The molecular formula is C27H32N4O6S2. The molecule has 1 saturated heterocycles. The van der Waals surface area contributed by atoms with Gasteiger partial charge in [0, 0.05) is 36.3 Å². The van der Waals surface area contributed by atoms with Gasteiger partial charge in [-0.25, -0.2) is 5.48 Å². The molecule has 0 radical (unpaired) electrons. The quantitative estimate of drug-likeness (QED) is 0.105. The Hall–Kier alpha value is -2.87. The Kier molecular flexibility index (Phi) is 10.8. The molecule has 12 heteroatoms. The third-order valence-electron chi connectivity index (χ3n) is 6.16. The van der Waals surface area contributed by atoms with Crippen molar-refractivity contribution in [2.45, 2.75) is 68.5 Å². The zero-order valence-corrected chi connectivity index (χ0v) is 23.2. The van der Waals surface area contributed by atoms with Crippen molar-refractivity contribution in [1.29, 1.82) is 0 Å². The molecule has 4 rings (SSSR count). The molecule has 4 N–H and O–H groups in total. The highest BCUT2D eigenvalue weighted by molar-refractivity contribution is 8.01. The van der Waals surface area contributed by atoms with E-state index in [1.807, 2.05) is 55.5 Å². The van der Waals surface area contributed by atoms with Crippen molar-refractivity contribution in [1.82, 2.24) is 15.7 Å². The lowest BCUT2D eigenvalue weighted by atomic mass is 10.0. The van der Waals surface area contributed by atoms with Crippen LogP contribution in [0.1, 0.15) is 66.2 Å². The first-order valence-electron chi connectivity index (χ1n) is 12.7. The van der Waals surface area contributed by atoms with Crippen LogP contribution in [0.2, 0.25) is 0 Å². The van der Waals surface area contributed by atoms with Crippen LogP contribution in [0.4, 0.5) is 5.69 Å². The van der Waals surface area contributed by atoms with Crippen molar-refractivity contribution >= 4 is 40.6 Å². The van der Waals surface area contributed by atoms with Crippen LogP contribution in [0, 0.1) is 6.92 Å². The number of hydrogen-bond acceptors (Lipinski definition) is 10. The van der Waals surface area contributed by atoms with Crippen molar-refractivity contribution in [2.75, 3.05) is 11.1 Å². The fourth-order valence-electron chi connectivity index (χ4n) is 4.10. The molecule has 0 saturated carbocycles. The Balaban J connectivity index is 1.39. The zero-order valence-electron chi connectivity index (χ0n) is 21.5. The van der Waals surface area contributed by atoms with Crippen molar-refractivity contribution in [2.24, 2.45) is 0 Å². The molecule has 10 nitrogen and oxygen atoms in total. The largest absolute Gasteiger partial charge is 0.392 e. The van der Waals surface area contributed by atoms with Crippen LogP contribution in [0.5, 0.6) is 0 Å². The molecule has 2 aromatic carbocycles. The zero-order chi connectivity index (χ0) is 27.6. The summed E-state index contributed by atoms with van der Waals surface area (Å²) >= 11 is 3.17. The first-order chi connectivity index (χ1) is 18.9. The van der Waals surface area contributed by atoms with E-state index in [9.17, 15) is 14.7 Å². The van der Waals surface area contributed by atoms with Gasteiger partial charge in [0.1, 0.15) is 5.01 Å². The van der Waals surface area contributed by atoms with Gasteiger partial charge in [-0.2, -0.15) is 0 Å². The summed E-state index contributed by atoms with van der Waals surface area (Å²) in [6.45, 7) is 1.92. The first-order valence-corrected chi connectivity index (χ1v) is 14.5. The van der Waals surface area contributed by atoms with Crippen LogP contribution in [0.15, 0.2) is 52.9 Å². The van der Waals surface area contributed by atoms with Gasteiger partial charge in [-0.3, -0.25) is 14.8 Å². The van der Waals surface area contributed by atoms with Gasteiger partial charge in [-0.1, -0.05) is 59.5 Å². The van der Waals surface area contributed by atoms with Gasteiger partial charge in [0.15, 0.2) is 10.6 Å². The number of hydrogen-bond donors (Lipinski definition) is 4. The van der Waals surface area contributed by atoms with Crippen molar-refractivity contribution in [3.63, 3.8) is 0 Å². The number of aryl methyl sites for hydroxylation is 1. The molecular weight excluding hydrogens is 540 g/mol. The Labute approximate surface area is 235 Å². The molecule has 1 aromatic heterocycles. The van der Waals surface area contributed by atoms with E-state index in [4.69, 9.17) is 14.7 Å². The fourth-order valence-corrected chi connectivity index (χ4v) is 5.96. The molecule has 0 bridgehead atoms. The summed E-state index contributed by atoms with van der Waals surface area (Å²) in [5.74, 6) is 0.0970. The number of anilines is 1. The molecule has 39 heavy (non-hydrogen) atoms. The molecule has 0 unspecified atom stereocenters. The average molecular weight is 573 g/mol. The number of benzene rings is 2. The Morgan fingerprint density at radius 3 is 2.33 bits per heavy atom. The number of thioether (sulfide) groups is 1. The number of hydroxylamine groups is 1. The summed E-state index contributed by atoms with van der Waals surface area (Å²) in [5, 5.41) is 30.0. The van der Waals surface area contributed by atoms with Gasteiger partial charge < -0.3 is 19.9 Å². The van der Waals surface area contributed by atoms with E-state index in [0.717, 1.165) is 26.0 Å². The van der Waals surface area contributed by atoms with Gasteiger partial charge in [-0.05, 0) is 43.0 Å². The number of aromatic nitrogens is 2. The maximum absolute atomic E-state index is 12.3. The average Bonchev–Trinajstić information content (AvgIpc) is 3.39. The van der Waals surface area contributed by atoms with Crippen LogP contribution in [-0.4, -0.2) is 44.2 Å². The summed E-state index contributed by atoms with van der Waals surface area (Å²) < 4.78 is 13.6. The molecule has 1 fully saturated rings. The van der Waals surface area contributed by atoms with Crippen LogP contribution < -0.4 is 10.8 Å². The van der Waals surface area contributed by atoms with Crippen molar-refractivity contribution < 1.29 is 29.4 Å². The first kappa shape index (κ1) is 29.1. The van der Waals surface area contributed by atoms with Gasteiger partial charge in [0.25, 0.3) is 0 Å². The second-order valence-corrected chi connectivity index (χ2v) is 11.6. The molecule has 2 amide bonds. The van der Waals surface area contributed by atoms with E-state index in [1.165, 1.54) is 0 Å². The molecule has 2 heterocycles. The second kappa shape index (κ2) is 14.5. The molecule has 3 aromatic rings. The van der Waals surface area contributed by atoms with E-state index in [1.54, 1.807) is 28.6 Å². The normalized spacial score (nSPS) is 19.0. The molecule has 0 spiro atoms. The van der Waals surface area contributed by atoms with Gasteiger partial charge in [0.2, 0.25) is 11.8 Å². The minimum absolute atomic E-state index is 0.0121. The number of nitrogens with one attached hydrogen (secondary N) is 2. The van der Waals surface area contributed by atoms with Crippen LogP contribution in [0.25, 0.3) is 0 Å². The summed E-state index contributed by atoms with van der Waals surface area (Å²) in [7, 11) is 0. The van der Waals surface area contributed by atoms with E-state index >= 15 is 0 Å². The predicted octanol–water partition coefficient (Wildman–Crippen LogP) is 4.68. The van der Waals surface area contributed by atoms with E-state index in [-0.39, 0.29) is 37.6 Å². The summed E-state index contributed by atoms with van der Waals surface area (Å²) in [6, 6.07) is 15.1. The van der Waals surface area contributed by atoms with Crippen LogP contribution >= 0.6 is 23.1 Å². The minimum Gasteiger partial charge on any atom is -0.392 e. The lowest BCUT2D eigenvalue weighted by Crippen LogP contribution is -2.31. The standard InChI is InChI=1S/C27H32N4O6S2/c1-17-29-30-27(39-17)38-16-22-14-23(19-8-6-18(15-32)7-9-19)37-26(36-22)20-10-12-21(13-11-20)28-24(33)4-2-3-5-25(34)31-35/h6-13,22-23,26,32,35H,2-5,14-16H2,1H3,(H,28,33)(H,31,34)/t22-,23+,26+/m1/s1. The number of aliphatic hydroxyl groups is 1. The SMILES string of the molecule is Cc1nnc(SC[C@H]2C[C@@H](c3ccc(CO)cc3)O[C@@H](c3ccc(NC(=O)CCCCC(=O)NO)cc3)O2)s1. The maximum Gasteiger partial charge on any atom is 0.243 e. The van der Waals surface area contributed by atoms with Crippen LogP contribution in [0.3, 0.4) is 0 Å².